The molecule has 1 aliphatic heterocycles. The Morgan fingerprint density at radius 2 is 1.69 bits per heavy atom. The van der Waals surface area contributed by atoms with Crippen LogP contribution in [-0.4, -0.2) is 30.3 Å². The van der Waals surface area contributed by atoms with Crippen molar-refractivity contribution in [3.63, 3.8) is 0 Å². The maximum absolute atomic E-state index is 12.9. The molecule has 0 radical (unpaired) electrons. The zero-order valence-corrected chi connectivity index (χ0v) is 18.6. The molecule has 0 saturated heterocycles. The fourth-order valence-electron chi connectivity index (χ4n) is 3.94. The molecule has 32 heavy (non-hydrogen) atoms. The van der Waals surface area contributed by atoms with Gasteiger partial charge in [0.15, 0.2) is 0 Å². The van der Waals surface area contributed by atoms with Crippen LogP contribution in [-0.2, 0) is 20.9 Å². The second kappa shape index (κ2) is 12.6. The molecule has 0 aliphatic carbocycles. The van der Waals surface area contributed by atoms with E-state index in [9.17, 15) is 14.4 Å². The maximum atomic E-state index is 12.9. The molecular formula is C26H33N3O3. The molecule has 1 heterocycles. The summed E-state index contributed by atoms with van der Waals surface area (Å²) in [4.78, 5) is 37.2. The number of amides is 3. The topological polar surface area (TPSA) is 87.3 Å². The predicted molar refractivity (Wildman–Crippen MR) is 127 cm³/mol. The molecule has 170 valence electrons. The van der Waals surface area contributed by atoms with E-state index in [1.54, 1.807) is 0 Å². The molecule has 0 bridgehead atoms. The largest absolute Gasteiger partial charge is 0.350 e. The molecule has 6 nitrogen and oxygen atoms in total. The number of allylic oxidation sites excluding steroid dienone is 2. The molecule has 1 unspecified atom stereocenters. The third-order valence-electron chi connectivity index (χ3n) is 5.74. The summed E-state index contributed by atoms with van der Waals surface area (Å²) in [6.07, 6.45) is 10.8. The molecule has 2 aromatic rings. The van der Waals surface area contributed by atoms with Crippen LogP contribution in [0.5, 0.6) is 0 Å². The molecule has 3 rings (SSSR count). The van der Waals surface area contributed by atoms with E-state index in [-0.39, 0.29) is 24.3 Å². The number of nitrogens with one attached hydrogen (secondary N) is 3. The summed E-state index contributed by atoms with van der Waals surface area (Å²) in [6, 6.07) is 13.5. The van der Waals surface area contributed by atoms with Crippen molar-refractivity contribution >= 4 is 28.5 Å². The average Bonchev–Trinajstić information content (AvgIpc) is 2.80. The van der Waals surface area contributed by atoms with E-state index >= 15 is 0 Å². The minimum Gasteiger partial charge on any atom is -0.350 e. The number of fused-ring (bicyclic) bond motifs is 1. The summed E-state index contributed by atoms with van der Waals surface area (Å²) in [5, 5.41) is 10.7. The first kappa shape index (κ1) is 23.5. The van der Waals surface area contributed by atoms with Crippen molar-refractivity contribution in [3.8, 4) is 0 Å². The van der Waals surface area contributed by atoms with E-state index in [2.05, 4.69) is 28.1 Å². The van der Waals surface area contributed by atoms with Gasteiger partial charge in [-0.1, -0.05) is 67.5 Å². The number of hydrogen-bond donors (Lipinski definition) is 3. The molecule has 0 saturated carbocycles. The third kappa shape index (κ3) is 7.52. The highest BCUT2D eigenvalue weighted by Gasteiger charge is 2.20. The Morgan fingerprint density at radius 3 is 2.56 bits per heavy atom. The van der Waals surface area contributed by atoms with Gasteiger partial charge in [0, 0.05) is 13.0 Å². The van der Waals surface area contributed by atoms with Crippen molar-refractivity contribution in [2.45, 2.75) is 64.0 Å². The monoisotopic (exact) mass is 435 g/mol. The van der Waals surface area contributed by atoms with Crippen LogP contribution in [0, 0.1) is 0 Å². The Labute approximate surface area is 189 Å². The summed E-state index contributed by atoms with van der Waals surface area (Å²) in [6.45, 7) is 0.288. The Hall–Kier alpha value is -3.15. The lowest BCUT2D eigenvalue weighted by Crippen LogP contribution is -2.49. The summed E-state index contributed by atoms with van der Waals surface area (Å²) in [5.41, 5.74) is 1.04. The molecule has 6 heteroatoms. The Kier molecular flexibility index (Phi) is 9.29. The van der Waals surface area contributed by atoms with Crippen LogP contribution >= 0.6 is 0 Å². The summed E-state index contributed by atoms with van der Waals surface area (Å²) < 4.78 is 0. The minimum absolute atomic E-state index is 0.109. The number of hydrogen-bond acceptors (Lipinski definition) is 3. The van der Waals surface area contributed by atoms with Crippen LogP contribution in [0.4, 0.5) is 0 Å². The van der Waals surface area contributed by atoms with Gasteiger partial charge in [-0.15, -0.1) is 0 Å². The lowest BCUT2D eigenvalue weighted by Gasteiger charge is -2.19. The molecule has 3 amide bonds. The molecule has 0 aromatic heterocycles. The number of benzene rings is 2. The minimum atomic E-state index is -0.613. The molecule has 2 aromatic carbocycles. The molecular weight excluding hydrogens is 402 g/mol. The van der Waals surface area contributed by atoms with Gasteiger partial charge in [0.05, 0.1) is 6.54 Å². The first-order chi connectivity index (χ1) is 15.6. The van der Waals surface area contributed by atoms with Gasteiger partial charge in [-0.3, -0.25) is 14.4 Å². The summed E-state index contributed by atoms with van der Waals surface area (Å²) >= 11 is 0. The predicted octanol–water partition coefficient (Wildman–Crippen LogP) is 3.75. The Bertz CT molecular complexity index is 949. The van der Waals surface area contributed by atoms with E-state index in [0.29, 0.717) is 19.4 Å². The van der Waals surface area contributed by atoms with E-state index < -0.39 is 6.04 Å². The first-order valence-electron chi connectivity index (χ1n) is 11.6. The normalized spacial score (nSPS) is 20.2. The zero-order chi connectivity index (χ0) is 22.6. The van der Waals surface area contributed by atoms with Crippen molar-refractivity contribution in [2.75, 3.05) is 6.54 Å². The fraction of sp³-hybridized carbons (Fsp3) is 0.423. The summed E-state index contributed by atoms with van der Waals surface area (Å²) in [5.74, 6) is -0.674. The van der Waals surface area contributed by atoms with Crippen LogP contribution in [0.25, 0.3) is 10.8 Å². The Balaban J connectivity index is 1.61. The summed E-state index contributed by atoms with van der Waals surface area (Å²) in [7, 11) is 0. The van der Waals surface area contributed by atoms with Gasteiger partial charge in [-0.05, 0) is 48.4 Å². The quantitative estimate of drug-likeness (QED) is 0.642. The average molecular weight is 436 g/mol. The van der Waals surface area contributed by atoms with Crippen molar-refractivity contribution in [2.24, 2.45) is 0 Å². The van der Waals surface area contributed by atoms with Crippen LogP contribution < -0.4 is 16.0 Å². The number of rotatable bonds is 3. The van der Waals surface area contributed by atoms with Crippen molar-refractivity contribution < 1.29 is 14.4 Å². The van der Waals surface area contributed by atoms with E-state index in [1.165, 1.54) is 0 Å². The van der Waals surface area contributed by atoms with Gasteiger partial charge < -0.3 is 16.0 Å². The zero-order valence-electron chi connectivity index (χ0n) is 18.6. The standard InChI is InChI=1S/C26H33N3O3/c30-24-17-8-6-4-2-1-3-5-7-16-23(29-25(31)19-27-24)26(32)28-18-21-14-11-13-20-12-9-10-15-22(20)21/h2,4,9-15,23H,1,3,5-8,16-19H2,(H,27,30)(H,28,32)(H,29,31)/b4-2-. The van der Waals surface area contributed by atoms with E-state index in [0.717, 1.165) is 54.9 Å². The highest BCUT2D eigenvalue weighted by atomic mass is 16.2. The number of carbonyl (C=O) groups excluding carboxylic acids is 3. The van der Waals surface area contributed by atoms with Crippen molar-refractivity contribution in [3.05, 3.63) is 60.2 Å². The van der Waals surface area contributed by atoms with Crippen LogP contribution in [0.2, 0.25) is 0 Å². The fourth-order valence-corrected chi connectivity index (χ4v) is 3.94. The van der Waals surface area contributed by atoms with Crippen LogP contribution in [0.15, 0.2) is 54.6 Å². The molecule has 1 aliphatic rings. The smallest absolute Gasteiger partial charge is 0.242 e. The van der Waals surface area contributed by atoms with Crippen LogP contribution in [0.3, 0.4) is 0 Å². The van der Waals surface area contributed by atoms with Gasteiger partial charge in [-0.25, -0.2) is 0 Å². The molecule has 0 spiro atoms. The van der Waals surface area contributed by atoms with E-state index in [1.807, 2.05) is 42.5 Å². The third-order valence-corrected chi connectivity index (χ3v) is 5.74. The van der Waals surface area contributed by atoms with E-state index in [4.69, 9.17) is 0 Å². The second-order valence-electron chi connectivity index (χ2n) is 8.25. The maximum Gasteiger partial charge on any atom is 0.242 e. The molecule has 3 N–H and O–H groups in total. The molecule has 1 atom stereocenters. The first-order valence-corrected chi connectivity index (χ1v) is 11.6. The highest BCUT2D eigenvalue weighted by Crippen LogP contribution is 2.18. The van der Waals surface area contributed by atoms with Gasteiger partial charge in [-0.2, -0.15) is 0 Å². The van der Waals surface area contributed by atoms with Gasteiger partial charge in [0.25, 0.3) is 0 Å². The van der Waals surface area contributed by atoms with Gasteiger partial charge in [0.1, 0.15) is 6.04 Å². The lowest BCUT2D eigenvalue weighted by molar-refractivity contribution is -0.130. The highest BCUT2D eigenvalue weighted by molar-refractivity contribution is 5.90. The SMILES string of the molecule is O=C1CCC/C=C\CCCCCC(C(=O)NCc2cccc3ccccc23)NC(=O)CN1. The lowest BCUT2D eigenvalue weighted by atomic mass is 10.0. The Morgan fingerprint density at radius 1 is 0.906 bits per heavy atom. The van der Waals surface area contributed by atoms with Crippen LogP contribution in [0.1, 0.15) is 56.9 Å². The van der Waals surface area contributed by atoms with Gasteiger partial charge >= 0.3 is 0 Å². The van der Waals surface area contributed by atoms with Gasteiger partial charge in [0.2, 0.25) is 17.7 Å². The second-order valence-corrected chi connectivity index (χ2v) is 8.25. The van der Waals surface area contributed by atoms with Crippen molar-refractivity contribution in [1.29, 1.82) is 0 Å². The molecule has 0 fully saturated rings. The van der Waals surface area contributed by atoms with Crippen molar-refractivity contribution in [1.82, 2.24) is 16.0 Å². The number of carbonyl (C=O) groups is 3.